The molecule has 2 aromatic heterocycles. The molecule has 2 aromatic rings. The third-order valence-electron chi connectivity index (χ3n) is 2.29. The Morgan fingerprint density at radius 1 is 1.13 bits per heavy atom. The summed E-state index contributed by atoms with van der Waals surface area (Å²) in [4.78, 5) is 18.7. The summed E-state index contributed by atoms with van der Waals surface area (Å²) in [7, 11) is 0. The molecule has 7 nitrogen and oxygen atoms in total. The van der Waals surface area contributed by atoms with Crippen molar-refractivity contribution in [3.63, 3.8) is 0 Å². The number of alkyl halides is 8. The zero-order chi connectivity index (χ0) is 17.6. The standard InChI is InChI=1S/C8H2Cl5F3N6O/c9-6(10,8(11,12)13)4-19-3(7(14,15)16)20-22(4)5(23)21-2-17-1-18-21/h1-2H. The number of carbonyl (C=O) groups excluding carboxylic acids is 1. The number of halogens is 8. The SMILES string of the molecule is O=C(n1cncn1)n1nc(C(F)(F)F)nc1C(Cl)(Cl)C(Cl)(Cl)Cl. The van der Waals surface area contributed by atoms with Crippen LogP contribution in [0.2, 0.25) is 0 Å². The lowest BCUT2D eigenvalue weighted by Gasteiger charge is -2.25. The van der Waals surface area contributed by atoms with E-state index in [0.29, 0.717) is 4.68 Å². The third kappa shape index (κ3) is 3.50. The molecule has 15 heteroatoms. The number of aromatic nitrogens is 6. The van der Waals surface area contributed by atoms with Crippen molar-refractivity contribution in [2.24, 2.45) is 0 Å². The molecule has 0 atom stereocenters. The first-order valence-corrected chi connectivity index (χ1v) is 7.13. The lowest BCUT2D eigenvalue weighted by atomic mass is 10.4. The molecule has 0 saturated heterocycles. The lowest BCUT2D eigenvalue weighted by molar-refractivity contribution is -0.144. The fourth-order valence-corrected chi connectivity index (χ4v) is 1.80. The second-order valence-corrected chi connectivity index (χ2v) is 7.47. The van der Waals surface area contributed by atoms with Gasteiger partial charge in [-0.3, -0.25) is 0 Å². The van der Waals surface area contributed by atoms with Crippen LogP contribution in [-0.4, -0.2) is 39.4 Å². The van der Waals surface area contributed by atoms with Crippen LogP contribution in [0.4, 0.5) is 18.0 Å². The van der Waals surface area contributed by atoms with E-state index in [-0.39, 0.29) is 4.68 Å². The number of rotatable bonds is 1. The summed E-state index contributed by atoms with van der Waals surface area (Å²) in [5.41, 5.74) is 0. The van der Waals surface area contributed by atoms with Gasteiger partial charge in [0.2, 0.25) is 8.13 Å². The Kier molecular flexibility index (Phi) is 4.77. The van der Waals surface area contributed by atoms with E-state index >= 15 is 0 Å². The van der Waals surface area contributed by atoms with E-state index in [4.69, 9.17) is 58.0 Å². The summed E-state index contributed by atoms with van der Waals surface area (Å²) in [5, 5.41) is 6.47. The molecule has 0 radical (unpaired) electrons. The van der Waals surface area contributed by atoms with Crippen molar-refractivity contribution in [2.45, 2.75) is 14.3 Å². The molecule has 0 spiro atoms. The van der Waals surface area contributed by atoms with Crippen LogP contribution in [-0.2, 0) is 10.5 Å². The molecule has 2 heterocycles. The largest absolute Gasteiger partial charge is 0.453 e. The average Bonchev–Trinajstić information content (AvgIpc) is 3.05. The maximum Gasteiger partial charge on any atom is 0.453 e. The van der Waals surface area contributed by atoms with Gasteiger partial charge in [-0.05, 0) is 0 Å². The van der Waals surface area contributed by atoms with Gasteiger partial charge in [-0.2, -0.15) is 27.6 Å². The Balaban J connectivity index is 2.66. The van der Waals surface area contributed by atoms with Gasteiger partial charge >= 0.3 is 12.2 Å². The van der Waals surface area contributed by atoms with Crippen molar-refractivity contribution in [3.05, 3.63) is 24.3 Å². The smallest absolute Gasteiger partial charge is 0.243 e. The van der Waals surface area contributed by atoms with Crippen LogP contribution in [0.25, 0.3) is 0 Å². The van der Waals surface area contributed by atoms with Gasteiger partial charge in [0.25, 0.3) is 5.82 Å². The number of hydrogen-bond donors (Lipinski definition) is 0. The zero-order valence-electron chi connectivity index (χ0n) is 10.3. The molecule has 23 heavy (non-hydrogen) atoms. The van der Waals surface area contributed by atoms with Crippen LogP contribution in [0.5, 0.6) is 0 Å². The second kappa shape index (κ2) is 5.92. The Labute approximate surface area is 150 Å². The minimum Gasteiger partial charge on any atom is -0.243 e. The van der Waals surface area contributed by atoms with Crippen LogP contribution in [0.15, 0.2) is 12.7 Å². The molecule has 0 saturated carbocycles. The molecule has 0 N–H and O–H groups in total. The van der Waals surface area contributed by atoms with E-state index < -0.39 is 32.0 Å². The van der Waals surface area contributed by atoms with E-state index in [1.165, 1.54) is 0 Å². The van der Waals surface area contributed by atoms with E-state index in [9.17, 15) is 18.0 Å². The molecular formula is C8H2Cl5F3N6O. The molecular weight excluding hydrogens is 430 g/mol. The summed E-state index contributed by atoms with van der Waals surface area (Å²) in [6, 6.07) is -1.22. The van der Waals surface area contributed by atoms with E-state index in [1.54, 1.807) is 0 Å². The predicted octanol–water partition coefficient (Wildman–Crippen LogP) is 3.41. The molecule has 0 aliphatic heterocycles. The van der Waals surface area contributed by atoms with Crippen molar-refractivity contribution < 1.29 is 18.0 Å². The topological polar surface area (TPSA) is 78.5 Å². The third-order valence-corrected chi connectivity index (χ3v) is 4.63. The van der Waals surface area contributed by atoms with Gasteiger partial charge in [-0.15, -0.1) is 5.10 Å². The Hall–Kier alpha value is -0.810. The monoisotopic (exact) mass is 430 g/mol. The fraction of sp³-hybridized carbons (Fsp3) is 0.375. The molecule has 0 aliphatic carbocycles. The van der Waals surface area contributed by atoms with Crippen LogP contribution in [0.1, 0.15) is 11.6 Å². The minimum atomic E-state index is -5.00. The minimum absolute atomic E-state index is 0.124. The van der Waals surface area contributed by atoms with Crippen LogP contribution >= 0.6 is 58.0 Å². The highest BCUT2D eigenvalue weighted by atomic mass is 35.6. The summed E-state index contributed by atoms with van der Waals surface area (Å²) in [6.45, 7) is 0. The number of nitrogens with zero attached hydrogens (tertiary/aromatic N) is 6. The van der Waals surface area contributed by atoms with Gasteiger partial charge in [-0.1, -0.05) is 58.0 Å². The summed E-state index contributed by atoms with van der Waals surface area (Å²) < 4.78 is 33.9. The first-order valence-electron chi connectivity index (χ1n) is 5.24. The predicted molar refractivity (Wildman–Crippen MR) is 74.9 cm³/mol. The van der Waals surface area contributed by atoms with Gasteiger partial charge in [0.15, 0.2) is 5.82 Å². The quantitative estimate of drug-likeness (QED) is 0.646. The number of hydrogen-bond acceptors (Lipinski definition) is 5. The van der Waals surface area contributed by atoms with Gasteiger partial charge in [0.1, 0.15) is 12.7 Å². The second-order valence-electron chi connectivity index (χ2n) is 3.86. The Bertz CT molecular complexity index is 722. The zero-order valence-corrected chi connectivity index (χ0v) is 14.0. The summed E-state index contributed by atoms with van der Waals surface area (Å²) >= 11 is 28.2. The summed E-state index contributed by atoms with van der Waals surface area (Å²) in [5.74, 6) is -2.66. The van der Waals surface area contributed by atoms with Crippen molar-refractivity contribution in [3.8, 4) is 0 Å². The van der Waals surface area contributed by atoms with Crippen molar-refractivity contribution in [2.75, 3.05) is 0 Å². The highest BCUT2D eigenvalue weighted by Crippen LogP contribution is 2.52. The van der Waals surface area contributed by atoms with E-state index in [0.717, 1.165) is 12.7 Å². The van der Waals surface area contributed by atoms with Crippen LogP contribution < -0.4 is 0 Å². The molecule has 0 aromatic carbocycles. The van der Waals surface area contributed by atoms with Gasteiger partial charge < -0.3 is 0 Å². The maximum atomic E-state index is 12.8. The van der Waals surface area contributed by atoms with Crippen molar-refractivity contribution >= 4 is 64.0 Å². The number of carbonyl (C=O) groups is 1. The first kappa shape index (κ1) is 18.5. The average molecular weight is 432 g/mol. The molecule has 0 bridgehead atoms. The first-order chi connectivity index (χ1) is 10.4. The Morgan fingerprint density at radius 2 is 1.74 bits per heavy atom. The van der Waals surface area contributed by atoms with E-state index in [2.05, 4.69) is 20.2 Å². The molecule has 0 unspecified atom stereocenters. The van der Waals surface area contributed by atoms with Crippen molar-refractivity contribution in [1.29, 1.82) is 0 Å². The van der Waals surface area contributed by atoms with Crippen LogP contribution in [0, 0.1) is 0 Å². The van der Waals surface area contributed by atoms with Gasteiger partial charge in [-0.25, -0.2) is 14.8 Å². The summed E-state index contributed by atoms with van der Waals surface area (Å²) in [6.07, 6.45) is -3.14. The molecule has 0 fully saturated rings. The fourth-order valence-electron chi connectivity index (χ4n) is 1.30. The lowest BCUT2D eigenvalue weighted by Crippen LogP contribution is -2.35. The van der Waals surface area contributed by atoms with Gasteiger partial charge in [0.05, 0.1) is 0 Å². The highest BCUT2D eigenvalue weighted by Gasteiger charge is 2.53. The van der Waals surface area contributed by atoms with Crippen molar-refractivity contribution in [1.82, 2.24) is 29.5 Å². The van der Waals surface area contributed by atoms with E-state index in [1.807, 2.05) is 0 Å². The molecule has 0 aliphatic rings. The molecule has 0 amide bonds. The Morgan fingerprint density at radius 3 is 2.17 bits per heavy atom. The molecule has 2 rings (SSSR count). The normalized spacial score (nSPS) is 13.4. The molecule has 126 valence electrons. The van der Waals surface area contributed by atoms with Crippen LogP contribution in [0.3, 0.4) is 0 Å². The maximum absolute atomic E-state index is 12.8. The van der Waals surface area contributed by atoms with Gasteiger partial charge in [0, 0.05) is 0 Å². The highest BCUT2D eigenvalue weighted by molar-refractivity contribution is 6.75.